The van der Waals surface area contributed by atoms with Crippen LogP contribution in [0.25, 0.3) is 0 Å². The summed E-state index contributed by atoms with van der Waals surface area (Å²) in [6, 6.07) is 16.1. The highest BCUT2D eigenvalue weighted by atomic mass is 35.5. The lowest BCUT2D eigenvalue weighted by atomic mass is 10.0. The molecule has 27 heavy (non-hydrogen) atoms. The Bertz CT molecular complexity index is 1080. The Kier molecular flexibility index (Phi) is 4.25. The summed E-state index contributed by atoms with van der Waals surface area (Å²) in [5.41, 5.74) is 0.629. The number of benzene rings is 3. The van der Waals surface area contributed by atoms with Gasteiger partial charge in [0.25, 0.3) is 5.69 Å². The molecule has 3 aromatic rings. The molecule has 1 aliphatic rings. The number of rotatable bonds is 3. The van der Waals surface area contributed by atoms with Crippen LogP contribution in [0.4, 0.5) is 5.69 Å². The van der Waals surface area contributed by atoms with E-state index in [1.165, 1.54) is 12.1 Å². The number of nitrogens with zero attached hydrogens (tertiary/aromatic N) is 1. The third-order valence-corrected chi connectivity index (χ3v) is 4.34. The molecule has 4 rings (SSSR count). The number of hydrogen-bond donors (Lipinski definition) is 0. The fourth-order valence-electron chi connectivity index (χ4n) is 2.90. The van der Waals surface area contributed by atoms with Crippen molar-refractivity contribution in [2.24, 2.45) is 0 Å². The number of ketones is 1. The van der Waals surface area contributed by atoms with Crippen molar-refractivity contribution in [3.8, 4) is 23.0 Å². The second kappa shape index (κ2) is 6.74. The molecule has 0 saturated carbocycles. The van der Waals surface area contributed by atoms with Crippen LogP contribution in [0.15, 0.2) is 60.7 Å². The quantitative estimate of drug-likeness (QED) is 0.437. The fraction of sp³-hybridized carbons (Fsp3) is 0.0500. The summed E-state index contributed by atoms with van der Waals surface area (Å²) in [4.78, 5) is 23.7. The van der Waals surface area contributed by atoms with E-state index < -0.39 is 4.92 Å². The highest BCUT2D eigenvalue weighted by molar-refractivity contribution is 6.30. The third kappa shape index (κ3) is 3.35. The van der Waals surface area contributed by atoms with Gasteiger partial charge in [-0.3, -0.25) is 14.9 Å². The number of halogens is 1. The summed E-state index contributed by atoms with van der Waals surface area (Å²) in [7, 11) is 0. The second-order valence-corrected chi connectivity index (χ2v) is 6.38. The molecule has 0 atom stereocenters. The summed E-state index contributed by atoms with van der Waals surface area (Å²) >= 11 is 5.97. The first-order chi connectivity index (χ1) is 13.0. The van der Waals surface area contributed by atoms with Gasteiger partial charge in [0.1, 0.15) is 28.6 Å². The average Bonchev–Trinajstić information content (AvgIpc) is 2.77. The van der Waals surface area contributed by atoms with Crippen LogP contribution < -0.4 is 9.47 Å². The molecule has 1 aliphatic heterocycles. The van der Waals surface area contributed by atoms with Crippen LogP contribution in [0.1, 0.15) is 15.9 Å². The van der Waals surface area contributed by atoms with Gasteiger partial charge >= 0.3 is 0 Å². The monoisotopic (exact) mass is 381 g/mol. The lowest BCUT2D eigenvalue weighted by molar-refractivity contribution is -0.385. The molecule has 0 bridgehead atoms. The number of Topliss-reactive ketones (excluding diaryl/α,β-unsaturated/α-hetero) is 1. The Labute approximate surface area is 159 Å². The standard InChI is InChI=1S/C20H12ClNO5/c21-13-5-3-6-15(9-13)26-18-10-14(22(24)25)11-19-20(18)16(23)8-12-4-1-2-7-17(12)27-19/h1-7,9-11H,8H2. The Morgan fingerprint density at radius 2 is 1.85 bits per heavy atom. The normalized spacial score (nSPS) is 12.4. The molecule has 0 aromatic heterocycles. The zero-order chi connectivity index (χ0) is 19.0. The van der Waals surface area contributed by atoms with Crippen LogP contribution in [0.3, 0.4) is 0 Å². The van der Waals surface area contributed by atoms with Crippen LogP contribution >= 0.6 is 11.6 Å². The number of non-ortho nitro benzene ring substituents is 1. The van der Waals surface area contributed by atoms with Crippen molar-refractivity contribution in [1.29, 1.82) is 0 Å². The predicted molar refractivity (Wildman–Crippen MR) is 99.2 cm³/mol. The number of nitro groups is 1. The SMILES string of the molecule is O=C1Cc2ccccc2Oc2cc([N+](=O)[O-])cc(Oc3cccc(Cl)c3)c21. The number of hydrogen-bond acceptors (Lipinski definition) is 5. The van der Waals surface area contributed by atoms with E-state index in [9.17, 15) is 14.9 Å². The molecular formula is C20H12ClNO5. The van der Waals surface area contributed by atoms with Crippen molar-refractivity contribution in [3.63, 3.8) is 0 Å². The molecule has 0 unspecified atom stereocenters. The Morgan fingerprint density at radius 3 is 2.63 bits per heavy atom. The van der Waals surface area contributed by atoms with Gasteiger partial charge < -0.3 is 9.47 Å². The van der Waals surface area contributed by atoms with Gasteiger partial charge in [-0.15, -0.1) is 0 Å². The lowest BCUT2D eigenvalue weighted by Gasteiger charge is -2.13. The molecule has 0 radical (unpaired) electrons. The van der Waals surface area contributed by atoms with E-state index in [1.807, 2.05) is 0 Å². The molecule has 6 nitrogen and oxygen atoms in total. The Hall–Kier alpha value is -3.38. The summed E-state index contributed by atoms with van der Waals surface area (Å²) in [5.74, 6) is 0.746. The van der Waals surface area contributed by atoms with E-state index in [1.54, 1.807) is 48.5 Å². The van der Waals surface area contributed by atoms with E-state index in [-0.39, 0.29) is 35.0 Å². The molecule has 0 spiro atoms. The van der Waals surface area contributed by atoms with Gasteiger partial charge in [-0.05, 0) is 24.3 Å². The summed E-state index contributed by atoms with van der Waals surface area (Å²) in [6.07, 6.45) is 0.104. The van der Waals surface area contributed by atoms with Gasteiger partial charge in [-0.25, -0.2) is 0 Å². The summed E-state index contributed by atoms with van der Waals surface area (Å²) < 4.78 is 11.6. The highest BCUT2D eigenvalue weighted by Crippen LogP contribution is 2.42. The molecule has 0 saturated heterocycles. The van der Waals surface area contributed by atoms with Crippen molar-refractivity contribution in [3.05, 3.63) is 86.9 Å². The molecule has 3 aromatic carbocycles. The first-order valence-corrected chi connectivity index (χ1v) is 8.44. The zero-order valence-corrected chi connectivity index (χ0v) is 14.6. The van der Waals surface area contributed by atoms with Crippen LogP contribution in [-0.4, -0.2) is 10.7 Å². The molecule has 0 aliphatic carbocycles. The molecule has 0 amide bonds. The van der Waals surface area contributed by atoms with Crippen LogP contribution in [0.5, 0.6) is 23.0 Å². The van der Waals surface area contributed by atoms with Gasteiger partial charge in [0, 0.05) is 17.0 Å². The molecule has 1 heterocycles. The molecule has 0 N–H and O–H groups in total. The van der Waals surface area contributed by atoms with E-state index in [0.717, 1.165) is 0 Å². The summed E-state index contributed by atoms with van der Waals surface area (Å²) in [6.45, 7) is 0. The third-order valence-electron chi connectivity index (χ3n) is 4.11. The smallest absolute Gasteiger partial charge is 0.276 e. The molecule has 134 valence electrons. The maximum Gasteiger partial charge on any atom is 0.276 e. The van der Waals surface area contributed by atoms with Crippen LogP contribution in [0.2, 0.25) is 5.02 Å². The van der Waals surface area contributed by atoms with Crippen molar-refractivity contribution in [1.82, 2.24) is 0 Å². The molecule has 7 heteroatoms. The van der Waals surface area contributed by atoms with Crippen LogP contribution in [0, 0.1) is 10.1 Å². The molecular weight excluding hydrogens is 370 g/mol. The highest BCUT2D eigenvalue weighted by Gasteiger charge is 2.28. The average molecular weight is 382 g/mol. The number of fused-ring (bicyclic) bond motifs is 2. The van der Waals surface area contributed by atoms with Gasteiger partial charge in [0.2, 0.25) is 0 Å². The van der Waals surface area contributed by atoms with Gasteiger partial charge in [-0.2, -0.15) is 0 Å². The summed E-state index contributed by atoms with van der Waals surface area (Å²) in [5, 5.41) is 11.8. The van der Waals surface area contributed by atoms with E-state index >= 15 is 0 Å². The first kappa shape index (κ1) is 17.1. The number of carbonyl (C=O) groups excluding carboxylic acids is 1. The lowest BCUT2D eigenvalue weighted by Crippen LogP contribution is -2.05. The van der Waals surface area contributed by atoms with Crippen molar-refractivity contribution >= 4 is 23.1 Å². The maximum absolute atomic E-state index is 12.9. The van der Waals surface area contributed by atoms with Crippen molar-refractivity contribution in [2.75, 3.05) is 0 Å². The number of carbonyl (C=O) groups is 1. The number of para-hydroxylation sites is 1. The van der Waals surface area contributed by atoms with E-state index in [4.69, 9.17) is 21.1 Å². The minimum absolute atomic E-state index is 0.0549. The fourth-order valence-corrected chi connectivity index (χ4v) is 3.08. The zero-order valence-electron chi connectivity index (χ0n) is 13.8. The van der Waals surface area contributed by atoms with Crippen molar-refractivity contribution in [2.45, 2.75) is 6.42 Å². The van der Waals surface area contributed by atoms with Crippen molar-refractivity contribution < 1.29 is 19.2 Å². The number of nitro benzene ring substituents is 1. The minimum atomic E-state index is -0.560. The van der Waals surface area contributed by atoms with Gasteiger partial charge in [0.15, 0.2) is 5.78 Å². The first-order valence-electron chi connectivity index (χ1n) is 8.06. The van der Waals surface area contributed by atoms with Crippen LogP contribution in [-0.2, 0) is 6.42 Å². The maximum atomic E-state index is 12.9. The minimum Gasteiger partial charge on any atom is -0.456 e. The van der Waals surface area contributed by atoms with Gasteiger partial charge in [0.05, 0.1) is 17.1 Å². The Morgan fingerprint density at radius 1 is 1.04 bits per heavy atom. The van der Waals surface area contributed by atoms with E-state index in [0.29, 0.717) is 22.1 Å². The Balaban J connectivity index is 1.87. The topological polar surface area (TPSA) is 78.7 Å². The second-order valence-electron chi connectivity index (χ2n) is 5.94. The predicted octanol–water partition coefficient (Wildman–Crippen LogP) is 5.57. The molecule has 0 fully saturated rings. The largest absolute Gasteiger partial charge is 0.456 e. The van der Waals surface area contributed by atoms with Gasteiger partial charge in [-0.1, -0.05) is 35.9 Å². The number of ether oxygens (including phenoxy) is 2. The van der Waals surface area contributed by atoms with E-state index in [2.05, 4.69) is 0 Å².